The molecule has 0 radical (unpaired) electrons. The number of carbonyl (C=O) groups is 2. The number of aryl methyl sites for hydroxylation is 1. The highest BCUT2D eigenvalue weighted by Crippen LogP contribution is 2.35. The van der Waals surface area contributed by atoms with Crippen LogP contribution in [0.4, 0.5) is 0 Å². The van der Waals surface area contributed by atoms with E-state index in [9.17, 15) is 14.7 Å². The lowest BCUT2D eigenvalue weighted by Crippen LogP contribution is -2.53. The molecule has 1 aromatic carbocycles. The second kappa shape index (κ2) is 6.06. The Morgan fingerprint density at radius 3 is 2.71 bits per heavy atom. The molecule has 1 amide bonds. The number of rotatable bonds is 4. The summed E-state index contributed by atoms with van der Waals surface area (Å²) in [5.74, 6) is -1.15. The Morgan fingerprint density at radius 1 is 1.43 bits per heavy atom. The third kappa shape index (κ3) is 2.77. The fourth-order valence-corrected chi connectivity index (χ4v) is 3.24. The largest absolute Gasteiger partial charge is 0.479 e. The second-order valence-electron chi connectivity index (χ2n) is 5.61. The van der Waals surface area contributed by atoms with Crippen molar-refractivity contribution in [3.8, 4) is 0 Å². The predicted octanol–water partition coefficient (Wildman–Crippen LogP) is 3.51. The first-order valence-electron chi connectivity index (χ1n) is 7.24. The molecule has 0 saturated carbocycles. The maximum atomic E-state index is 12.7. The van der Waals surface area contributed by atoms with E-state index in [4.69, 9.17) is 11.6 Å². The van der Waals surface area contributed by atoms with Crippen molar-refractivity contribution in [2.24, 2.45) is 0 Å². The van der Waals surface area contributed by atoms with E-state index in [0.29, 0.717) is 30.0 Å². The topological polar surface area (TPSA) is 57.6 Å². The lowest BCUT2D eigenvalue weighted by molar-refractivity contribution is -0.148. The number of halogens is 1. The predicted molar refractivity (Wildman–Crippen MR) is 81.7 cm³/mol. The number of amides is 1. The van der Waals surface area contributed by atoms with E-state index in [-0.39, 0.29) is 5.91 Å². The molecule has 1 N–H and O–H groups in total. The Labute approximate surface area is 129 Å². The van der Waals surface area contributed by atoms with E-state index < -0.39 is 11.5 Å². The van der Waals surface area contributed by atoms with Crippen LogP contribution in [0.2, 0.25) is 5.02 Å². The van der Waals surface area contributed by atoms with E-state index in [1.54, 1.807) is 18.2 Å². The summed E-state index contributed by atoms with van der Waals surface area (Å²) >= 11 is 6.07. The highest BCUT2D eigenvalue weighted by Gasteiger charge is 2.49. The van der Waals surface area contributed by atoms with Gasteiger partial charge < -0.3 is 10.0 Å². The molecule has 1 aromatic rings. The number of nitrogens with zero attached hydrogens (tertiary/aromatic N) is 1. The van der Waals surface area contributed by atoms with Gasteiger partial charge in [-0.2, -0.15) is 0 Å². The minimum Gasteiger partial charge on any atom is -0.479 e. The number of likely N-dealkylation sites (tertiary alicyclic amines) is 1. The minimum absolute atomic E-state index is 0.245. The Hall–Kier alpha value is -1.55. The molecule has 1 fully saturated rings. The van der Waals surface area contributed by atoms with Gasteiger partial charge in [-0.15, -0.1) is 0 Å². The number of hydrogen-bond donors (Lipinski definition) is 1. The van der Waals surface area contributed by atoms with Crippen LogP contribution in [0.15, 0.2) is 18.2 Å². The van der Waals surface area contributed by atoms with Gasteiger partial charge in [0.1, 0.15) is 5.54 Å². The smallest absolute Gasteiger partial charge is 0.329 e. The molecule has 0 aromatic heterocycles. The van der Waals surface area contributed by atoms with Crippen molar-refractivity contribution in [2.75, 3.05) is 6.54 Å². The Morgan fingerprint density at radius 2 is 2.14 bits per heavy atom. The molecule has 1 aliphatic heterocycles. The van der Waals surface area contributed by atoms with Gasteiger partial charge in [0.2, 0.25) is 0 Å². The molecule has 0 aliphatic carbocycles. The van der Waals surface area contributed by atoms with Gasteiger partial charge in [-0.05, 0) is 43.9 Å². The zero-order chi connectivity index (χ0) is 15.6. The Kier molecular flexibility index (Phi) is 4.57. The molecule has 1 unspecified atom stereocenters. The van der Waals surface area contributed by atoms with E-state index in [0.717, 1.165) is 18.4 Å². The highest BCUT2D eigenvalue weighted by molar-refractivity contribution is 6.31. The molecular formula is C16H20ClNO3. The van der Waals surface area contributed by atoms with E-state index in [1.807, 2.05) is 13.8 Å². The zero-order valence-corrected chi connectivity index (χ0v) is 13.1. The molecule has 0 bridgehead atoms. The number of benzene rings is 1. The molecule has 0 spiro atoms. The van der Waals surface area contributed by atoms with Gasteiger partial charge in [0.15, 0.2) is 0 Å². The van der Waals surface area contributed by atoms with Crippen LogP contribution in [0.3, 0.4) is 0 Å². The maximum Gasteiger partial charge on any atom is 0.329 e. The monoisotopic (exact) mass is 309 g/mol. The van der Waals surface area contributed by atoms with Gasteiger partial charge in [0.05, 0.1) is 0 Å². The zero-order valence-electron chi connectivity index (χ0n) is 12.4. The van der Waals surface area contributed by atoms with Crippen molar-refractivity contribution in [1.82, 2.24) is 4.90 Å². The van der Waals surface area contributed by atoms with Gasteiger partial charge in [0.25, 0.3) is 5.91 Å². The molecule has 114 valence electrons. The molecule has 4 nitrogen and oxygen atoms in total. The van der Waals surface area contributed by atoms with Gasteiger partial charge in [-0.25, -0.2) is 4.79 Å². The van der Waals surface area contributed by atoms with Gasteiger partial charge in [0, 0.05) is 17.1 Å². The summed E-state index contributed by atoms with van der Waals surface area (Å²) in [7, 11) is 0. The second-order valence-corrected chi connectivity index (χ2v) is 6.02. The summed E-state index contributed by atoms with van der Waals surface area (Å²) < 4.78 is 0. The minimum atomic E-state index is -1.07. The van der Waals surface area contributed by atoms with Crippen LogP contribution < -0.4 is 0 Å². The molecule has 1 heterocycles. The van der Waals surface area contributed by atoms with Gasteiger partial charge in [-0.1, -0.05) is 31.0 Å². The van der Waals surface area contributed by atoms with Crippen LogP contribution in [0.5, 0.6) is 0 Å². The molecule has 5 heteroatoms. The Balaban J connectivity index is 2.36. The quantitative estimate of drug-likeness (QED) is 0.926. The molecule has 2 rings (SSSR count). The number of carboxylic acid groups (broad SMARTS) is 1. The van der Waals surface area contributed by atoms with Crippen molar-refractivity contribution in [3.63, 3.8) is 0 Å². The van der Waals surface area contributed by atoms with Crippen LogP contribution in [-0.4, -0.2) is 34.0 Å². The number of carbonyl (C=O) groups excluding carboxylic acids is 1. The summed E-state index contributed by atoms with van der Waals surface area (Å²) in [4.78, 5) is 26.0. The van der Waals surface area contributed by atoms with Crippen LogP contribution in [0, 0.1) is 6.92 Å². The molecule has 1 aliphatic rings. The summed E-state index contributed by atoms with van der Waals surface area (Å²) in [6.45, 7) is 4.29. The van der Waals surface area contributed by atoms with Crippen molar-refractivity contribution >= 4 is 23.5 Å². The van der Waals surface area contributed by atoms with Gasteiger partial charge >= 0.3 is 5.97 Å². The first kappa shape index (κ1) is 15.8. The molecule has 21 heavy (non-hydrogen) atoms. The van der Waals surface area contributed by atoms with Crippen molar-refractivity contribution in [1.29, 1.82) is 0 Å². The number of hydrogen-bond acceptors (Lipinski definition) is 2. The first-order valence-corrected chi connectivity index (χ1v) is 7.61. The lowest BCUT2D eigenvalue weighted by Gasteiger charge is -2.34. The van der Waals surface area contributed by atoms with Crippen molar-refractivity contribution < 1.29 is 14.7 Å². The van der Waals surface area contributed by atoms with Crippen LogP contribution in [0.25, 0.3) is 0 Å². The fourth-order valence-electron chi connectivity index (χ4n) is 3.06. The van der Waals surface area contributed by atoms with Crippen LogP contribution in [-0.2, 0) is 4.79 Å². The average Bonchev–Trinajstić information content (AvgIpc) is 2.86. The highest BCUT2D eigenvalue weighted by atomic mass is 35.5. The number of carboxylic acids is 1. The normalized spacial score (nSPS) is 21.6. The third-order valence-electron chi connectivity index (χ3n) is 4.21. The van der Waals surface area contributed by atoms with Crippen molar-refractivity contribution in [2.45, 2.75) is 45.1 Å². The van der Waals surface area contributed by atoms with Gasteiger partial charge in [-0.3, -0.25) is 4.79 Å². The molecular weight excluding hydrogens is 290 g/mol. The molecule has 1 saturated heterocycles. The summed E-state index contributed by atoms with van der Waals surface area (Å²) in [6.07, 6.45) is 2.44. The SMILES string of the molecule is CCCC1(C(=O)O)CCCN1C(=O)c1ccc(C)c(Cl)c1. The summed E-state index contributed by atoms with van der Waals surface area (Å²) in [5, 5.41) is 10.2. The standard InChI is InChI=1S/C16H20ClNO3/c1-3-7-16(15(20)21)8-4-9-18(16)14(19)12-6-5-11(2)13(17)10-12/h5-6,10H,3-4,7-9H2,1-2H3,(H,20,21). The Bertz CT molecular complexity index is 573. The third-order valence-corrected chi connectivity index (χ3v) is 4.62. The maximum absolute atomic E-state index is 12.7. The molecule has 1 atom stereocenters. The summed E-state index contributed by atoms with van der Waals surface area (Å²) in [6, 6.07) is 5.12. The fraction of sp³-hybridized carbons (Fsp3) is 0.500. The van der Waals surface area contributed by atoms with Crippen LogP contribution in [0.1, 0.15) is 48.5 Å². The first-order chi connectivity index (χ1) is 9.92. The van der Waals surface area contributed by atoms with Crippen molar-refractivity contribution in [3.05, 3.63) is 34.3 Å². The average molecular weight is 310 g/mol. The lowest BCUT2D eigenvalue weighted by atomic mass is 9.90. The van der Waals surface area contributed by atoms with E-state index in [1.165, 1.54) is 4.90 Å². The summed E-state index contributed by atoms with van der Waals surface area (Å²) in [5.41, 5.74) is 0.283. The van der Waals surface area contributed by atoms with Crippen LogP contribution >= 0.6 is 11.6 Å². The number of aliphatic carboxylic acids is 1. The van der Waals surface area contributed by atoms with E-state index >= 15 is 0 Å². The van der Waals surface area contributed by atoms with E-state index in [2.05, 4.69) is 0 Å².